The summed E-state index contributed by atoms with van der Waals surface area (Å²) in [6, 6.07) is 5.02. The van der Waals surface area contributed by atoms with Gasteiger partial charge in [0, 0.05) is 56.1 Å². The van der Waals surface area contributed by atoms with Crippen molar-refractivity contribution in [2.45, 2.75) is 20.4 Å². The van der Waals surface area contributed by atoms with E-state index < -0.39 is 4.92 Å². The second kappa shape index (κ2) is 7.10. The molecule has 0 saturated carbocycles. The summed E-state index contributed by atoms with van der Waals surface area (Å²) in [5.74, 6) is 1.17. The highest BCUT2D eigenvalue weighted by Crippen LogP contribution is 2.31. The number of hydrogen-bond donors (Lipinski definition) is 0. The van der Waals surface area contributed by atoms with Crippen LogP contribution in [0.3, 0.4) is 0 Å². The van der Waals surface area contributed by atoms with Gasteiger partial charge in [0.05, 0.1) is 17.7 Å². The number of nitro benzene ring substituents is 1. The lowest BCUT2D eigenvalue weighted by atomic mass is 10.1. The van der Waals surface area contributed by atoms with Crippen molar-refractivity contribution in [3.05, 3.63) is 45.3 Å². The zero-order chi connectivity index (χ0) is 18.0. The summed E-state index contributed by atoms with van der Waals surface area (Å²) in [5.41, 5.74) is 3.04. The predicted molar refractivity (Wildman–Crippen MR) is 93.1 cm³/mol. The zero-order valence-electron chi connectivity index (χ0n) is 14.7. The normalized spacial score (nSPS) is 15.4. The van der Waals surface area contributed by atoms with Crippen molar-refractivity contribution in [1.29, 1.82) is 0 Å². The molecule has 1 aliphatic rings. The Hall–Kier alpha value is -2.61. The molecular formula is C17H22N4O4. The minimum absolute atomic E-state index is 0.0108. The molecule has 1 aliphatic heterocycles. The number of methoxy groups -OCH3 is 1. The van der Waals surface area contributed by atoms with Crippen molar-refractivity contribution < 1.29 is 14.2 Å². The van der Waals surface area contributed by atoms with E-state index in [4.69, 9.17) is 9.26 Å². The molecule has 0 atom stereocenters. The van der Waals surface area contributed by atoms with E-state index in [1.54, 1.807) is 12.1 Å². The van der Waals surface area contributed by atoms with Crippen LogP contribution in [0.4, 0.5) is 11.4 Å². The van der Waals surface area contributed by atoms with Crippen LogP contribution in [0.25, 0.3) is 0 Å². The Morgan fingerprint density at radius 2 is 2.00 bits per heavy atom. The maximum absolute atomic E-state index is 11.0. The van der Waals surface area contributed by atoms with Crippen molar-refractivity contribution >= 4 is 11.4 Å². The Morgan fingerprint density at radius 3 is 2.56 bits per heavy atom. The number of benzene rings is 1. The number of piperazine rings is 1. The van der Waals surface area contributed by atoms with E-state index in [0.717, 1.165) is 55.4 Å². The maximum Gasteiger partial charge on any atom is 0.311 e. The van der Waals surface area contributed by atoms with Gasteiger partial charge >= 0.3 is 5.69 Å². The Kier molecular flexibility index (Phi) is 4.89. The van der Waals surface area contributed by atoms with Gasteiger partial charge in [-0.1, -0.05) is 5.16 Å². The van der Waals surface area contributed by atoms with E-state index in [2.05, 4.69) is 15.0 Å². The van der Waals surface area contributed by atoms with Crippen molar-refractivity contribution in [1.82, 2.24) is 10.1 Å². The molecule has 3 rings (SSSR count). The van der Waals surface area contributed by atoms with Crippen molar-refractivity contribution in [3.63, 3.8) is 0 Å². The molecule has 1 saturated heterocycles. The van der Waals surface area contributed by atoms with Crippen LogP contribution in [-0.4, -0.2) is 48.3 Å². The predicted octanol–water partition coefficient (Wildman–Crippen LogP) is 2.53. The maximum atomic E-state index is 11.0. The Balaban J connectivity index is 1.65. The van der Waals surface area contributed by atoms with Gasteiger partial charge in [0.2, 0.25) is 0 Å². The van der Waals surface area contributed by atoms with Gasteiger partial charge in [-0.05, 0) is 19.9 Å². The van der Waals surface area contributed by atoms with E-state index in [9.17, 15) is 10.1 Å². The van der Waals surface area contributed by atoms with Crippen molar-refractivity contribution in [2.75, 3.05) is 38.2 Å². The van der Waals surface area contributed by atoms with Crippen LogP contribution in [0.2, 0.25) is 0 Å². The molecule has 25 heavy (non-hydrogen) atoms. The Bertz CT molecular complexity index is 747. The molecule has 1 aromatic carbocycles. The zero-order valence-corrected chi connectivity index (χ0v) is 14.7. The molecule has 8 nitrogen and oxygen atoms in total. The molecule has 0 bridgehead atoms. The fourth-order valence-electron chi connectivity index (χ4n) is 3.13. The van der Waals surface area contributed by atoms with E-state index in [-0.39, 0.29) is 5.69 Å². The third-order valence-corrected chi connectivity index (χ3v) is 4.66. The van der Waals surface area contributed by atoms with Gasteiger partial charge in [0.15, 0.2) is 5.75 Å². The highest BCUT2D eigenvalue weighted by molar-refractivity contribution is 5.59. The van der Waals surface area contributed by atoms with Crippen LogP contribution < -0.4 is 9.64 Å². The molecule has 0 aliphatic carbocycles. The van der Waals surface area contributed by atoms with E-state index in [1.165, 1.54) is 13.2 Å². The summed E-state index contributed by atoms with van der Waals surface area (Å²) >= 11 is 0. The average Bonchev–Trinajstić information content (AvgIpc) is 2.93. The number of rotatable bonds is 5. The highest BCUT2D eigenvalue weighted by Gasteiger charge is 2.22. The summed E-state index contributed by atoms with van der Waals surface area (Å²) in [6.45, 7) is 8.25. The van der Waals surface area contributed by atoms with Crippen LogP contribution in [0.15, 0.2) is 22.7 Å². The first kappa shape index (κ1) is 17.2. The first-order chi connectivity index (χ1) is 12.0. The van der Waals surface area contributed by atoms with E-state index in [0.29, 0.717) is 5.75 Å². The summed E-state index contributed by atoms with van der Waals surface area (Å²) in [6.07, 6.45) is 0. The standard InChI is InChI=1S/C17H22N4O4/c1-12-15(13(2)25-18-12)11-19-6-8-20(9-7-19)14-4-5-16(21(22)23)17(10-14)24-3/h4-5,10H,6-9,11H2,1-3H3. The second-order valence-electron chi connectivity index (χ2n) is 6.18. The van der Waals surface area contributed by atoms with E-state index in [1.807, 2.05) is 13.8 Å². The quantitative estimate of drug-likeness (QED) is 0.607. The minimum atomic E-state index is -0.426. The summed E-state index contributed by atoms with van der Waals surface area (Å²) in [7, 11) is 1.45. The van der Waals surface area contributed by atoms with Gasteiger partial charge in [0.1, 0.15) is 5.76 Å². The molecule has 0 radical (unpaired) electrons. The molecule has 134 valence electrons. The highest BCUT2D eigenvalue weighted by atomic mass is 16.6. The van der Waals surface area contributed by atoms with Gasteiger partial charge in [-0.15, -0.1) is 0 Å². The molecule has 0 spiro atoms. The molecule has 0 amide bonds. The third kappa shape index (κ3) is 3.58. The Morgan fingerprint density at radius 1 is 1.28 bits per heavy atom. The molecule has 1 fully saturated rings. The molecule has 0 N–H and O–H groups in total. The van der Waals surface area contributed by atoms with Crippen LogP contribution in [0.5, 0.6) is 5.75 Å². The fraction of sp³-hybridized carbons (Fsp3) is 0.471. The number of ether oxygens (including phenoxy) is 1. The fourth-order valence-corrected chi connectivity index (χ4v) is 3.13. The number of nitrogens with zero attached hydrogens (tertiary/aromatic N) is 4. The summed E-state index contributed by atoms with van der Waals surface area (Å²) in [5, 5.41) is 15.0. The first-order valence-corrected chi connectivity index (χ1v) is 8.21. The molecule has 2 heterocycles. The first-order valence-electron chi connectivity index (χ1n) is 8.21. The van der Waals surface area contributed by atoms with Gasteiger partial charge in [0.25, 0.3) is 0 Å². The van der Waals surface area contributed by atoms with Crippen LogP contribution in [-0.2, 0) is 6.54 Å². The van der Waals surface area contributed by atoms with Crippen molar-refractivity contribution in [2.24, 2.45) is 0 Å². The number of aryl methyl sites for hydroxylation is 2. The second-order valence-corrected chi connectivity index (χ2v) is 6.18. The van der Waals surface area contributed by atoms with Gasteiger partial charge in [-0.25, -0.2) is 0 Å². The Labute approximate surface area is 146 Å². The van der Waals surface area contributed by atoms with Gasteiger partial charge < -0.3 is 14.2 Å². The number of hydrogen-bond acceptors (Lipinski definition) is 7. The lowest BCUT2D eigenvalue weighted by Crippen LogP contribution is -2.46. The largest absolute Gasteiger partial charge is 0.490 e. The number of nitro groups is 1. The number of aromatic nitrogens is 1. The summed E-state index contributed by atoms with van der Waals surface area (Å²) in [4.78, 5) is 15.2. The van der Waals surface area contributed by atoms with Gasteiger partial charge in [-0.2, -0.15) is 0 Å². The minimum Gasteiger partial charge on any atom is -0.490 e. The molecule has 1 aromatic heterocycles. The van der Waals surface area contributed by atoms with Crippen LogP contribution in [0.1, 0.15) is 17.0 Å². The SMILES string of the molecule is COc1cc(N2CCN(Cc3c(C)noc3C)CC2)ccc1[N+](=O)[O-]. The van der Waals surface area contributed by atoms with E-state index >= 15 is 0 Å². The topological polar surface area (TPSA) is 84.9 Å². The lowest BCUT2D eigenvalue weighted by molar-refractivity contribution is -0.385. The van der Waals surface area contributed by atoms with Gasteiger partial charge in [-0.3, -0.25) is 15.0 Å². The smallest absolute Gasteiger partial charge is 0.311 e. The monoisotopic (exact) mass is 346 g/mol. The lowest BCUT2D eigenvalue weighted by Gasteiger charge is -2.36. The van der Waals surface area contributed by atoms with Crippen LogP contribution >= 0.6 is 0 Å². The summed E-state index contributed by atoms with van der Waals surface area (Å²) < 4.78 is 10.4. The average molecular weight is 346 g/mol. The molecule has 0 unspecified atom stereocenters. The molecule has 8 heteroatoms. The van der Waals surface area contributed by atoms with Crippen LogP contribution in [0, 0.1) is 24.0 Å². The van der Waals surface area contributed by atoms with Crippen molar-refractivity contribution in [3.8, 4) is 5.75 Å². The molecular weight excluding hydrogens is 324 g/mol. The third-order valence-electron chi connectivity index (χ3n) is 4.66. The number of anilines is 1. The molecule has 2 aromatic rings.